The second-order valence-electron chi connectivity index (χ2n) is 6.51. The van der Waals surface area contributed by atoms with Crippen molar-refractivity contribution < 1.29 is 19.0 Å². The van der Waals surface area contributed by atoms with Crippen molar-refractivity contribution in [2.75, 3.05) is 19.8 Å². The number of aldehydes is 1. The number of carbonyl (C=O) groups is 1. The fourth-order valence-corrected chi connectivity index (χ4v) is 2.56. The summed E-state index contributed by atoms with van der Waals surface area (Å²) in [6.07, 6.45) is 7.61. The fourth-order valence-electron chi connectivity index (χ4n) is 2.56. The van der Waals surface area contributed by atoms with E-state index in [0.29, 0.717) is 42.6 Å². The maximum Gasteiger partial charge on any atom is 0.203 e. The molecule has 0 amide bonds. The molecule has 0 saturated carbocycles. The first-order valence-electron chi connectivity index (χ1n) is 10.0. The summed E-state index contributed by atoms with van der Waals surface area (Å²) in [6.45, 7) is 8.09. The van der Waals surface area contributed by atoms with Crippen molar-refractivity contribution in [2.24, 2.45) is 0 Å². The Bertz CT molecular complexity index is 734. The summed E-state index contributed by atoms with van der Waals surface area (Å²) >= 11 is 0. The van der Waals surface area contributed by atoms with Crippen LogP contribution < -0.4 is 14.2 Å². The Morgan fingerprint density at radius 2 is 1.14 bits per heavy atom. The van der Waals surface area contributed by atoms with Gasteiger partial charge in [0, 0.05) is 5.56 Å². The van der Waals surface area contributed by atoms with Crippen molar-refractivity contribution in [2.45, 2.75) is 40.0 Å². The van der Waals surface area contributed by atoms with Crippen LogP contribution in [0.1, 0.15) is 61.5 Å². The lowest BCUT2D eigenvalue weighted by atomic mass is 10.1. The molecule has 0 saturated heterocycles. The van der Waals surface area contributed by atoms with Crippen LogP contribution >= 0.6 is 0 Å². The molecule has 2 rings (SSSR count). The van der Waals surface area contributed by atoms with Crippen molar-refractivity contribution in [3.05, 3.63) is 53.1 Å². The zero-order chi connectivity index (χ0) is 20.2. The zero-order valence-electron chi connectivity index (χ0n) is 17.1. The third kappa shape index (κ3) is 6.45. The molecule has 0 fully saturated rings. The number of carbonyl (C=O) groups excluding carboxylic acids is 1. The SMILES string of the molecule is CCCOc1cc(/C=C/c2ccc(C=O)cc2)cc(OCCC)c1OCCC. The molecule has 0 atom stereocenters. The lowest BCUT2D eigenvalue weighted by molar-refractivity contribution is 0.112. The summed E-state index contributed by atoms with van der Waals surface area (Å²) in [7, 11) is 0. The minimum absolute atomic E-state index is 0.614. The smallest absolute Gasteiger partial charge is 0.203 e. The van der Waals surface area contributed by atoms with Crippen LogP contribution in [-0.2, 0) is 0 Å². The fraction of sp³-hybridized carbons (Fsp3) is 0.375. The van der Waals surface area contributed by atoms with E-state index in [9.17, 15) is 4.79 Å². The van der Waals surface area contributed by atoms with Crippen LogP contribution in [0.4, 0.5) is 0 Å². The van der Waals surface area contributed by atoms with Crippen molar-refractivity contribution >= 4 is 18.4 Å². The van der Waals surface area contributed by atoms with Crippen LogP contribution in [0.5, 0.6) is 17.2 Å². The number of rotatable bonds is 12. The lowest BCUT2D eigenvalue weighted by Gasteiger charge is -2.17. The second kappa shape index (κ2) is 11.9. The third-order valence-corrected chi connectivity index (χ3v) is 3.96. The summed E-state index contributed by atoms with van der Waals surface area (Å²) in [5, 5.41) is 0. The van der Waals surface area contributed by atoms with Crippen LogP contribution in [0.2, 0.25) is 0 Å². The molecule has 28 heavy (non-hydrogen) atoms. The van der Waals surface area contributed by atoms with Gasteiger partial charge in [0.15, 0.2) is 11.5 Å². The van der Waals surface area contributed by atoms with Gasteiger partial charge in [-0.05, 0) is 42.5 Å². The highest BCUT2D eigenvalue weighted by Crippen LogP contribution is 2.40. The van der Waals surface area contributed by atoms with E-state index in [1.165, 1.54) is 0 Å². The number of benzene rings is 2. The Morgan fingerprint density at radius 3 is 1.64 bits per heavy atom. The maximum atomic E-state index is 10.8. The average molecular weight is 383 g/mol. The molecule has 0 N–H and O–H groups in total. The van der Waals surface area contributed by atoms with Gasteiger partial charge in [0.2, 0.25) is 5.75 Å². The van der Waals surface area contributed by atoms with E-state index in [4.69, 9.17) is 14.2 Å². The minimum atomic E-state index is 0.614. The first-order valence-corrected chi connectivity index (χ1v) is 10.0. The van der Waals surface area contributed by atoms with Gasteiger partial charge in [-0.2, -0.15) is 0 Å². The molecule has 0 aliphatic carbocycles. The van der Waals surface area contributed by atoms with Crippen LogP contribution in [0.25, 0.3) is 12.2 Å². The molecule has 0 aliphatic rings. The zero-order valence-corrected chi connectivity index (χ0v) is 17.1. The summed E-state index contributed by atoms with van der Waals surface area (Å²) in [4.78, 5) is 10.8. The monoisotopic (exact) mass is 382 g/mol. The van der Waals surface area contributed by atoms with Gasteiger partial charge < -0.3 is 14.2 Å². The molecule has 0 radical (unpaired) electrons. The van der Waals surface area contributed by atoms with Crippen LogP contribution in [0, 0.1) is 0 Å². The topological polar surface area (TPSA) is 44.8 Å². The van der Waals surface area contributed by atoms with Crippen molar-refractivity contribution in [1.82, 2.24) is 0 Å². The molecule has 0 aliphatic heterocycles. The van der Waals surface area contributed by atoms with Gasteiger partial charge in [0.1, 0.15) is 6.29 Å². The van der Waals surface area contributed by atoms with E-state index in [-0.39, 0.29) is 0 Å². The van der Waals surface area contributed by atoms with Gasteiger partial charge in [0.05, 0.1) is 19.8 Å². The molecule has 2 aromatic carbocycles. The number of hydrogen-bond donors (Lipinski definition) is 0. The Morgan fingerprint density at radius 1 is 0.679 bits per heavy atom. The Kier molecular flexibility index (Phi) is 9.13. The van der Waals surface area contributed by atoms with Crippen molar-refractivity contribution in [3.8, 4) is 17.2 Å². The Hall–Kier alpha value is -2.75. The van der Waals surface area contributed by atoms with Crippen LogP contribution in [-0.4, -0.2) is 26.1 Å². The van der Waals surface area contributed by atoms with Crippen molar-refractivity contribution in [1.29, 1.82) is 0 Å². The molecular formula is C24H30O4. The average Bonchev–Trinajstić information content (AvgIpc) is 2.74. The van der Waals surface area contributed by atoms with Gasteiger partial charge >= 0.3 is 0 Å². The van der Waals surface area contributed by atoms with Gasteiger partial charge in [0.25, 0.3) is 0 Å². The lowest BCUT2D eigenvalue weighted by Crippen LogP contribution is -2.05. The normalized spacial score (nSPS) is 10.8. The molecule has 0 unspecified atom stereocenters. The standard InChI is InChI=1S/C24H30O4/c1-4-13-26-22-16-21(12-9-19-7-10-20(18-25)11-8-19)17-23(27-14-5-2)24(22)28-15-6-3/h7-12,16-18H,4-6,13-15H2,1-3H3/b12-9+. The van der Waals surface area contributed by atoms with E-state index in [1.54, 1.807) is 12.1 Å². The first-order chi connectivity index (χ1) is 13.7. The van der Waals surface area contributed by atoms with Crippen LogP contribution in [0.15, 0.2) is 36.4 Å². The second-order valence-corrected chi connectivity index (χ2v) is 6.51. The van der Waals surface area contributed by atoms with E-state index in [2.05, 4.69) is 20.8 Å². The Balaban J connectivity index is 2.35. The molecule has 4 nitrogen and oxygen atoms in total. The summed E-state index contributed by atoms with van der Waals surface area (Å²) in [5.41, 5.74) is 2.66. The first kappa shape index (κ1) is 21.5. The quantitative estimate of drug-likeness (QED) is 0.332. The van der Waals surface area contributed by atoms with Gasteiger partial charge in [-0.25, -0.2) is 0 Å². The van der Waals surface area contributed by atoms with E-state index >= 15 is 0 Å². The number of ether oxygens (including phenoxy) is 3. The molecule has 0 heterocycles. The molecule has 2 aromatic rings. The maximum absolute atomic E-state index is 10.8. The minimum Gasteiger partial charge on any atom is -0.490 e. The highest BCUT2D eigenvalue weighted by Gasteiger charge is 2.15. The van der Waals surface area contributed by atoms with Gasteiger partial charge in [-0.3, -0.25) is 4.79 Å². The highest BCUT2D eigenvalue weighted by atomic mass is 16.5. The molecule has 150 valence electrons. The highest BCUT2D eigenvalue weighted by molar-refractivity contribution is 5.77. The van der Waals surface area contributed by atoms with Crippen LogP contribution in [0.3, 0.4) is 0 Å². The molecule has 0 aromatic heterocycles. The van der Waals surface area contributed by atoms with Crippen molar-refractivity contribution in [3.63, 3.8) is 0 Å². The molecule has 0 spiro atoms. The predicted octanol–water partition coefficient (Wildman–Crippen LogP) is 6.04. The predicted molar refractivity (Wildman–Crippen MR) is 115 cm³/mol. The van der Waals surface area contributed by atoms with E-state index < -0.39 is 0 Å². The molecule has 4 heteroatoms. The number of hydrogen-bond acceptors (Lipinski definition) is 4. The summed E-state index contributed by atoms with van der Waals surface area (Å²) in [6, 6.07) is 11.4. The Labute approximate surface area is 168 Å². The van der Waals surface area contributed by atoms with E-state index in [1.807, 2.05) is 36.4 Å². The third-order valence-electron chi connectivity index (χ3n) is 3.96. The summed E-state index contributed by atoms with van der Waals surface area (Å²) < 4.78 is 17.8. The van der Waals surface area contributed by atoms with E-state index in [0.717, 1.165) is 36.7 Å². The molecular weight excluding hydrogens is 352 g/mol. The largest absolute Gasteiger partial charge is 0.490 e. The van der Waals surface area contributed by atoms with Gasteiger partial charge in [-0.1, -0.05) is 57.2 Å². The van der Waals surface area contributed by atoms with Gasteiger partial charge in [-0.15, -0.1) is 0 Å². The summed E-state index contributed by atoms with van der Waals surface area (Å²) in [5.74, 6) is 2.09. The molecule has 0 bridgehead atoms.